The van der Waals surface area contributed by atoms with Crippen molar-refractivity contribution in [1.29, 1.82) is 0 Å². The molecule has 1 fully saturated rings. The van der Waals surface area contributed by atoms with Gasteiger partial charge in [0.05, 0.1) is 5.56 Å². The highest BCUT2D eigenvalue weighted by Crippen LogP contribution is 2.38. The summed E-state index contributed by atoms with van der Waals surface area (Å²) in [6.07, 6.45) is -11.0. The van der Waals surface area contributed by atoms with Crippen molar-refractivity contribution in [3.8, 4) is 0 Å². The van der Waals surface area contributed by atoms with Crippen molar-refractivity contribution in [2.24, 2.45) is 0 Å². The maximum absolute atomic E-state index is 14.3. The first-order chi connectivity index (χ1) is 11.1. The molecule has 0 spiro atoms. The molecular weight excluding hydrogens is 412 g/mol. The van der Waals surface area contributed by atoms with E-state index in [1.165, 1.54) is 0 Å². The number of nitrogens with zero attached hydrogens (tertiary/aromatic N) is 1. The second-order valence-electron chi connectivity index (χ2n) is 5.66. The van der Waals surface area contributed by atoms with Crippen LogP contribution in [0.5, 0.6) is 0 Å². The lowest BCUT2D eigenvalue weighted by Gasteiger charge is -2.36. The Morgan fingerprint density at radius 3 is 2.08 bits per heavy atom. The van der Waals surface area contributed by atoms with Crippen LogP contribution in [0.3, 0.4) is 0 Å². The highest BCUT2D eigenvalue weighted by molar-refractivity contribution is 5.85. The van der Waals surface area contributed by atoms with E-state index in [9.17, 15) is 30.7 Å². The third-order valence-corrected chi connectivity index (χ3v) is 3.99. The van der Waals surface area contributed by atoms with Gasteiger partial charge in [-0.25, -0.2) is 4.39 Å². The number of nitrogens with one attached hydrogen (secondary N) is 1. The minimum atomic E-state index is -4.89. The van der Waals surface area contributed by atoms with Gasteiger partial charge in [-0.05, 0) is 12.5 Å². The van der Waals surface area contributed by atoms with Gasteiger partial charge < -0.3 is 5.32 Å². The van der Waals surface area contributed by atoms with E-state index in [1.807, 2.05) is 0 Å². The minimum Gasteiger partial charge on any atom is -0.314 e. The summed E-state index contributed by atoms with van der Waals surface area (Å²) >= 11 is 0. The van der Waals surface area contributed by atoms with Gasteiger partial charge in [0, 0.05) is 44.2 Å². The molecule has 0 bridgehead atoms. The Morgan fingerprint density at radius 1 is 1.00 bits per heavy atom. The molecule has 0 unspecified atom stereocenters. The normalized spacial score (nSPS) is 17.2. The number of hydrogen-bond acceptors (Lipinski definition) is 2. The second-order valence-corrected chi connectivity index (χ2v) is 5.66. The van der Waals surface area contributed by atoms with Crippen molar-refractivity contribution in [3.05, 3.63) is 35.1 Å². The second kappa shape index (κ2) is 9.96. The van der Waals surface area contributed by atoms with Crippen molar-refractivity contribution >= 4 is 24.8 Å². The Kier molecular flexibility index (Phi) is 9.67. The van der Waals surface area contributed by atoms with Gasteiger partial charge in [-0.1, -0.05) is 12.1 Å². The molecule has 0 aliphatic carbocycles. The molecule has 152 valence electrons. The van der Waals surface area contributed by atoms with E-state index in [2.05, 4.69) is 5.32 Å². The maximum Gasteiger partial charge on any atom is 0.419 e. The number of hydrogen-bond donors (Lipinski definition) is 1. The van der Waals surface area contributed by atoms with E-state index < -0.39 is 42.6 Å². The van der Waals surface area contributed by atoms with Gasteiger partial charge in [-0.2, -0.15) is 26.3 Å². The van der Waals surface area contributed by atoms with Crippen LogP contribution in [0.2, 0.25) is 0 Å². The molecule has 0 amide bonds. The fourth-order valence-electron chi connectivity index (χ4n) is 2.86. The van der Waals surface area contributed by atoms with Crippen LogP contribution < -0.4 is 5.32 Å². The monoisotopic (exact) mass is 430 g/mol. The summed E-state index contributed by atoms with van der Waals surface area (Å²) in [4.78, 5) is 1.60. The molecule has 1 N–H and O–H groups in total. The van der Waals surface area contributed by atoms with E-state index in [1.54, 1.807) is 4.90 Å². The molecule has 1 atom stereocenters. The standard InChI is InChI=1S/C15H17F7N2.2ClH/c16-13-10(2-1-3-11(13)15(20,21)22)12(4-5-14(17,18)19)24-8-6-23-7-9-24;;/h1-3,12,23H,4-9H2;2*1H/t12-;;/m1../s1. The predicted octanol–water partition coefficient (Wildman–Crippen LogP) is 4.98. The quantitative estimate of drug-likeness (QED) is 0.677. The number of piperazine rings is 1. The smallest absolute Gasteiger partial charge is 0.314 e. The average Bonchev–Trinajstić information content (AvgIpc) is 2.48. The molecule has 1 aliphatic heterocycles. The van der Waals surface area contributed by atoms with Crippen LogP contribution in [0.4, 0.5) is 30.7 Å². The molecule has 11 heteroatoms. The third-order valence-electron chi connectivity index (χ3n) is 3.99. The Hall–Kier alpha value is -0.770. The first-order valence-corrected chi connectivity index (χ1v) is 7.47. The maximum atomic E-state index is 14.3. The molecule has 0 aromatic heterocycles. The molecule has 2 rings (SSSR count). The molecule has 2 nitrogen and oxygen atoms in total. The van der Waals surface area contributed by atoms with Gasteiger partial charge >= 0.3 is 12.4 Å². The lowest BCUT2D eigenvalue weighted by Crippen LogP contribution is -2.45. The SMILES string of the molecule is Cl.Cl.Fc1c([C@@H](CCC(F)(F)F)N2CCNCC2)cccc1C(F)(F)F. The summed E-state index contributed by atoms with van der Waals surface area (Å²) in [5.41, 5.74) is -1.79. The van der Waals surface area contributed by atoms with E-state index in [-0.39, 0.29) is 30.4 Å². The van der Waals surface area contributed by atoms with E-state index in [4.69, 9.17) is 0 Å². The van der Waals surface area contributed by atoms with E-state index in [0.29, 0.717) is 32.2 Å². The lowest BCUT2D eigenvalue weighted by atomic mass is 9.96. The highest BCUT2D eigenvalue weighted by atomic mass is 35.5. The Bertz CT molecular complexity index is 558. The minimum absolute atomic E-state index is 0. The summed E-state index contributed by atoms with van der Waals surface area (Å²) in [5, 5.41) is 3.01. The molecule has 26 heavy (non-hydrogen) atoms. The average molecular weight is 431 g/mol. The van der Waals surface area contributed by atoms with Gasteiger partial charge in [-0.3, -0.25) is 4.90 Å². The lowest BCUT2D eigenvalue weighted by molar-refractivity contribution is -0.141. The largest absolute Gasteiger partial charge is 0.419 e. The Balaban J connectivity index is 0.00000312. The van der Waals surface area contributed by atoms with Crippen LogP contribution in [0, 0.1) is 5.82 Å². The summed E-state index contributed by atoms with van der Waals surface area (Å²) in [6.45, 7) is 1.67. The number of alkyl halides is 6. The predicted molar refractivity (Wildman–Crippen MR) is 88.4 cm³/mol. The summed E-state index contributed by atoms with van der Waals surface area (Å²) in [7, 11) is 0. The van der Waals surface area contributed by atoms with Crippen LogP contribution in [0.25, 0.3) is 0 Å². The first-order valence-electron chi connectivity index (χ1n) is 7.47. The summed E-state index contributed by atoms with van der Waals surface area (Å²) in [5.74, 6) is -1.49. The highest BCUT2D eigenvalue weighted by Gasteiger charge is 2.38. The van der Waals surface area contributed by atoms with Crippen LogP contribution in [0.15, 0.2) is 18.2 Å². The van der Waals surface area contributed by atoms with Gasteiger partial charge in [0.2, 0.25) is 0 Å². The fourth-order valence-corrected chi connectivity index (χ4v) is 2.86. The van der Waals surface area contributed by atoms with Crippen molar-refractivity contribution in [3.63, 3.8) is 0 Å². The van der Waals surface area contributed by atoms with Crippen LogP contribution >= 0.6 is 24.8 Å². The third kappa shape index (κ3) is 6.75. The van der Waals surface area contributed by atoms with Crippen molar-refractivity contribution in [1.82, 2.24) is 10.2 Å². The molecule has 1 aliphatic rings. The molecule has 1 aromatic carbocycles. The van der Waals surface area contributed by atoms with Gasteiger partial charge in [0.25, 0.3) is 0 Å². The van der Waals surface area contributed by atoms with E-state index in [0.717, 1.165) is 12.1 Å². The zero-order valence-corrected chi connectivity index (χ0v) is 15.1. The van der Waals surface area contributed by atoms with Crippen LogP contribution in [0.1, 0.15) is 30.0 Å². The zero-order valence-electron chi connectivity index (χ0n) is 13.5. The number of halogens is 9. The van der Waals surface area contributed by atoms with Crippen molar-refractivity contribution in [2.45, 2.75) is 31.2 Å². The van der Waals surface area contributed by atoms with Gasteiger partial charge in [-0.15, -0.1) is 24.8 Å². The Morgan fingerprint density at radius 2 is 1.58 bits per heavy atom. The van der Waals surface area contributed by atoms with Crippen LogP contribution in [-0.4, -0.2) is 37.3 Å². The molecule has 1 aromatic rings. The summed E-state index contributed by atoms with van der Waals surface area (Å²) in [6, 6.07) is 1.71. The number of benzene rings is 1. The number of rotatable bonds is 4. The fraction of sp³-hybridized carbons (Fsp3) is 0.600. The molecule has 0 radical (unpaired) electrons. The van der Waals surface area contributed by atoms with Gasteiger partial charge in [0.1, 0.15) is 5.82 Å². The molecule has 1 saturated heterocycles. The molecule has 0 saturated carbocycles. The van der Waals surface area contributed by atoms with Gasteiger partial charge in [0.15, 0.2) is 0 Å². The first kappa shape index (κ1) is 25.2. The molecular formula is C15H19Cl2F7N2. The van der Waals surface area contributed by atoms with Crippen molar-refractivity contribution < 1.29 is 30.7 Å². The Labute approximate surface area is 158 Å². The van der Waals surface area contributed by atoms with Crippen LogP contribution in [-0.2, 0) is 6.18 Å². The molecule has 1 heterocycles. The van der Waals surface area contributed by atoms with E-state index >= 15 is 0 Å². The topological polar surface area (TPSA) is 15.3 Å². The summed E-state index contributed by atoms with van der Waals surface area (Å²) < 4.78 is 90.6. The van der Waals surface area contributed by atoms with Crippen molar-refractivity contribution in [2.75, 3.05) is 26.2 Å². The zero-order chi connectivity index (χ0) is 18.0.